The van der Waals surface area contributed by atoms with Crippen molar-refractivity contribution in [2.45, 2.75) is 6.92 Å². The fraction of sp³-hybridized carbons (Fsp3) is 0.0667. The van der Waals surface area contributed by atoms with E-state index in [9.17, 15) is 5.11 Å². The zero-order valence-corrected chi connectivity index (χ0v) is 10.4. The Morgan fingerprint density at radius 2 is 1.79 bits per heavy atom. The van der Waals surface area contributed by atoms with Crippen LogP contribution in [0.15, 0.2) is 63.2 Å². The predicted molar refractivity (Wildman–Crippen MR) is 73.2 cm³/mol. The molecule has 1 N–H and O–H groups in total. The molecule has 0 saturated carbocycles. The molecule has 4 heteroatoms. The number of phenolic OH excluding ortho intramolecular Hbond substituents is 1. The summed E-state index contributed by atoms with van der Waals surface area (Å²) in [6, 6.07) is 14.5. The van der Waals surface area contributed by atoms with Crippen molar-refractivity contribution in [1.82, 2.24) is 0 Å². The molecule has 0 unspecified atom stereocenters. The van der Waals surface area contributed by atoms with Gasteiger partial charge >= 0.3 is 0 Å². The first-order valence-electron chi connectivity index (χ1n) is 5.93. The average molecular weight is 252 g/mol. The Kier molecular flexibility index (Phi) is 2.76. The van der Waals surface area contributed by atoms with E-state index >= 15 is 0 Å². The summed E-state index contributed by atoms with van der Waals surface area (Å²) in [4.78, 5) is 0. The van der Waals surface area contributed by atoms with Gasteiger partial charge in [0.15, 0.2) is 0 Å². The minimum atomic E-state index is 0.0907. The molecule has 19 heavy (non-hydrogen) atoms. The van der Waals surface area contributed by atoms with Crippen molar-refractivity contribution < 1.29 is 9.52 Å². The number of benzene rings is 2. The summed E-state index contributed by atoms with van der Waals surface area (Å²) in [5.41, 5.74) is 1.86. The molecule has 0 aliphatic carbocycles. The minimum absolute atomic E-state index is 0.0907. The lowest BCUT2D eigenvalue weighted by molar-refractivity contribution is 0.476. The summed E-state index contributed by atoms with van der Waals surface area (Å²) in [5.74, 6) is 0.866. The lowest BCUT2D eigenvalue weighted by Gasteiger charge is -1.98. The van der Waals surface area contributed by atoms with Gasteiger partial charge in [0.2, 0.25) is 0 Å². The maximum atomic E-state index is 9.90. The molecule has 0 atom stereocenters. The highest BCUT2D eigenvalue weighted by atomic mass is 16.3. The van der Waals surface area contributed by atoms with Gasteiger partial charge < -0.3 is 9.52 Å². The summed E-state index contributed by atoms with van der Waals surface area (Å²) in [6.45, 7) is 1.86. The fourth-order valence-corrected chi connectivity index (χ4v) is 1.92. The number of phenols is 1. The highest BCUT2D eigenvalue weighted by molar-refractivity contribution is 5.92. The van der Waals surface area contributed by atoms with Gasteiger partial charge in [0.25, 0.3) is 0 Å². The summed E-state index contributed by atoms with van der Waals surface area (Å²) in [5, 5.41) is 18.9. The molecule has 0 fully saturated rings. The van der Waals surface area contributed by atoms with Crippen LogP contribution in [0, 0.1) is 6.92 Å². The van der Waals surface area contributed by atoms with E-state index in [0.717, 1.165) is 16.8 Å². The molecular formula is C15H12N2O2. The van der Waals surface area contributed by atoms with Crippen LogP contribution in [0.25, 0.3) is 11.0 Å². The molecule has 3 rings (SSSR count). The smallest absolute Gasteiger partial charge is 0.143 e. The quantitative estimate of drug-likeness (QED) is 0.662. The molecule has 2 aromatic carbocycles. The first kappa shape index (κ1) is 11.5. The third kappa shape index (κ3) is 2.20. The van der Waals surface area contributed by atoms with Gasteiger partial charge in [0, 0.05) is 0 Å². The Labute approximate surface area is 110 Å². The third-order valence-electron chi connectivity index (χ3n) is 2.80. The van der Waals surface area contributed by atoms with Crippen LogP contribution in [-0.4, -0.2) is 5.11 Å². The molecule has 0 bridgehead atoms. The maximum Gasteiger partial charge on any atom is 0.143 e. The number of hydrogen-bond donors (Lipinski definition) is 1. The van der Waals surface area contributed by atoms with Crippen LogP contribution in [-0.2, 0) is 0 Å². The van der Waals surface area contributed by atoms with Gasteiger partial charge in [-0.1, -0.05) is 18.2 Å². The van der Waals surface area contributed by atoms with Gasteiger partial charge in [0.1, 0.15) is 22.8 Å². The molecule has 0 radical (unpaired) electrons. The molecule has 1 heterocycles. The molecule has 1 aromatic heterocycles. The zero-order valence-electron chi connectivity index (χ0n) is 10.4. The molecule has 0 spiro atoms. The molecule has 0 amide bonds. The second kappa shape index (κ2) is 4.57. The van der Waals surface area contributed by atoms with Crippen molar-refractivity contribution >= 4 is 22.3 Å². The first-order valence-corrected chi connectivity index (χ1v) is 5.93. The van der Waals surface area contributed by atoms with E-state index in [-0.39, 0.29) is 5.75 Å². The van der Waals surface area contributed by atoms with E-state index in [1.807, 2.05) is 43.3 Å². The van der Waals surface area contributed by atoms with Crippen molar-refractivity contribution in [1.29, 1.82) is 0 Å². The number of hydrogen-bond acceptors (Lipinski definition) is 4. The van der Waals surface area contributed by atoms with Crippen LogP contribution in [0.5, 0.6) is 5.75 Å². The number of nitrogens with zero attached hydrogens (tertiary/aromatic N) is 2. The number of rotatable bonds is 2. The summed E-state index contributed by atoms with van der Waals surface area (Å²) < 4.78 is 5.50. The van der Waals surface area contributed by atoms with Gasteiger partial charge in [-0.2, -0.15) is 5.11 Å². The largest absolute Gasteiger partial charge is 0.506 e. The van der Waals surface area contributed by atoms with Crippen LogP contribution in [0.4, 0.5) is 11.4 Å². The first-order chi connectivity index (χ1) is 9.24. The second-order valence-electron chi connectivity index (χ2n) is 4.24. The van der Waals surface area contributed by atoms with E-state index in [1.54, 1.807) is 12.1 Å². The van der Waals surface area contributed by atoms with Crippen LogP contribution in [0.1, 0.15) is 5.76 Å². The number of fused-ring (bicyclic) bond motifs is 1. The number of azo groups is 1. The Morgan fingerprint density at radius 3 is 2.58 bits per heavy atom. The van der Waals surface area contributed by atoms with Crippen molar-refractivity contribution in [3.8, 4) is 5.75 Å². The number of aryl methyl sites for hydroxylation is 1. The molecule has 0 aliphatic heterocycles. The minimum Gasteiger partial charge on any atom is -0.506 e. The SMILES string of the molecule is Cc1cc2c(N=Nc3ccccc3)c(O)ccc2o1. The Morgan fingerprint density at radius 1 is 1.00 bits per heavy atom. The normalized spacial score (nSPS) is 11.4. The topological polar surface area (TPSA) is 58.1 Å². The summed E-state index contributed by atoms with van der Waals surface area (Å²) in [7, 11) is 0. The van der Waals surface area contributed by atoms with Gasteiger partial charge in [-0.05, 0) is 37.3 Å². The third-order valence-corrected chi connectivity index (χ3v) is 2.80. The van der Waals surface area contributed by atoms with E-state index in [4.69, 9.17) is 4.42 Å². The van der Waals surface area contributed by atoms with E-state index in [0.29, 0.717) is 11.3 Å². The lowest BCUT2D eigenvalue weighted by Crippen LogP contribution is -1.70. The fourth-order valence-electron chi connectivity index (χ4n) is 1.92. The Bertz CT molecular complexity index is 745. The zero-order chi connectivity index (χ0) is 13.2. The highest BCUT2D eigenvalue weighted by Crippen LogP contribution is 2.37. The van der Waals surface area contributed by atoms with Crippen LogP contribution in [0.3, 0.4) is 0 Å². The van der Waals surface area contributed by atoms with Crippen LogP contribution >= 0.6 is 0 Å². The predicted octanol–water partition coefficient (Wildman–Crippen LogP) is 4.86. The maximum absolute atomic E-state index is 9.90. The van der Waals surface area contributed by atoms with Gasteiger partial charge in [-0.15, -0.1) is 5.11 Å². The molecule has 3 aromatic rings. The van der Waals surface area contributed by atoms with Crippen molar-refractivity contribution in [2.75, 3.05) is 0 Å². The molecule has 4 nitrogen and oxygen atoms in total. The average Bonchev–Trinajstić information content (AvgIpc) is 2.79. The van der Waals surface area contributed by atoms with Crippen LogP contribution in [0.2, 0.25) is 0 Å². The summed E-state index contributed by atoms with van der Waals surface area (Å²) in [6.07, 6.45) is 0. The van der Waals surface area contributed by atoms with E-state index < -0.39 is 0 Å². The van der Waals surface area contributed by atoms with Gasteiger partial charge in [-0.25, -0.2) is 0 Å². The number of aromatic hydroxyl groups is 1. The van der Waals surface area contributed by atoms with Gasteiger partial charge in [0.05, 0.1) is 11.1 Å². The molecular weight excluding hydrogens is 240 g/mol. The Hall–Kier alpha value is -2.62. The highest BCUT2D eigenvalue weighted by Gasteiger charge is 2.10. The summed E-state index contributed by atoms with van der Waals surface area (Å²) >= 11 is 0. The van der Waals surface area contributed by atoms with Crippen molar-refractivity contribution in [3.05, 3.63) is 54.3 Å². The lowest BCUT2D eigenvalue weighted by atomic mass is 10.2. The van der Waals surface area contributed by atoms with Crippen molar-refractivity contribution in [3.63, 3.8) is 0 Å². The van der Waals surface area contributed by atoms with Crippen LogP contribution < -0.4 is 0 Å². The molecule has 0 saturated heterocycles. The Balaban J connectivity index is 2.09. The molecule has 0 aliphatic rings. The van der Waals surface area contributed by atoms with E-state index in [1.165, 1.54) is 0 Å². The standard InChI is InChI=1S/C15H12N2O2/c1-10-9-12-14(19-10)8-7-13(18)15(12)17-16-11-5-3-2-4-6-11/h2-9,18H,1H3. The van der Waals surface area contributed by atoms with E-state index in [2.05, 4.69) is 10.2 Å². The monoisotopic (exact) mass is 252 g/mol. The number of furan rings is 1. The van der Waals surface area contributed by atoms with Crippen molar-refractivity contribution in [2.24, 2.45) is 10.2 Å². The second-order valence-corrected chi connectivity index (χ2v) is 4.24. The molecule has 94 valence electrons. The van der Waals surface area contributed by atoms with Gasteiger partial charge in [-0.3, -0.25) is 0 Å².